The molecule has 1 aromatic heterocycles. The first kappa shape index (κ1) is 18.1. The Hall–Kier alpha value is -1.24. The summed E-state index contributed by atoms with van der Waals surface area (Å²) in [6.07, 6.45) is 1.75. The summed E-state index contributed by atoms with van der Waals surface area (Å²) in [7, 11) is 2.09. The normalized spacial score (nSPS) is 17.7. The highest BCUT2D eigenvalue weighted by molar-refractivity contribution is 5.40. The maximum absolute atomic E-state index is 9.98. The molecule has 1 saturated heterocycles. The molecule has 1 N–H and O–H groups in total. The van der Waals surface area contributed by atoms with E-state index in [4.69, 9.17) is 4.74 Å². The van der Waals surface area contributed by atoms with Crippen LogP contribution >= 0.6 is 0 Å². The molecule has 6 heteroatoms. The number of hydrogen-bond donors (Lipinski definition) is 1. The first-order valence-electron chi connectivity index (χ1n) is 8.53. The Balaban J connectivity index is 1.83. The van der Waals surface area contributed by atoms with Gasteiger partial charge in [-0.2, -0.15) is 0 Å². The van der Waals surface area contributed by atoms with Crippen LogP contribution in [0.4, 0.5) is 5.82 Å². The molecule has 0 radical (unpaired) electrons. The van der Waals surface area contributed by atoms with Crippen molar-refractivity contribution >= 4 is 5.82 Å². The summed E-state index contributed by atoms with van der Waals surface area (Å²) in [5, 5.41) is 9.98. The van der Waals surface area contributed by atoms with Crippen molar-refractivity contribution in [3.05, 3.63) is 17.6 Å². The van der Waals surface area contributed by atoms with E-state index in [1.165, 1.54) is 0 Å². The molecule has 1 atom stereocenters. The van der Waals surface area contributed by atoms with Crippen molar-refractivity contribution in [2.24, 2.45) is 0 Å². The van der Waals surface area contributed by atoms with Crippen molar-refractivity contribution in [1.29, 1.82) is 0 Å². The molecule has 0 bridgehead atoms. The van der Waals surface area contributed by atoms with Gasteiger partial charge in [-0.25, -0.2) is 9.97 Å². The predicted octanol–water partition coefficient (Wildman–Crippen LogP) is 1.39. The van der Waals surface area contributed by atoms with Gasteiger partial charge in [0, 0.05) is 44.0 Å². The minimum absolute atomic E-state index is 0.412. The largest absolute Gasteiger partial charge is 0.389 e. The molecule has 0 aromatic carbocycles. The molecule has 0 amide bonds. The number of nitrogens with zero attached hydrogens (tertiary/aromatic N) is 4. The Morgan fingerprint density at radius 3 is 2.65 bits per heavy atom. The SMILES string of the molecule is CCOC[C@@H](O)CN(C)C1CCN(c2cc(C)nc(C)n2)CC1. The zero-order chi connectivity index (χ0) is 16.8. The van der Waals surface area contributed by atoms with Gasteiger partial charge < -0.3 is 19.6 Å². The minimum atomic E-state index is -0.412. The number of anilines is 1. The van der Waals surface area contributed by atoms with E-state index < -0.39 is 6.10 Å². The molecule has 6 nitrogen and oxygen atoms in total. The highest BCUT2D eigenvalue weighted by atomic mass is 16.5. The van der Waals surface area contributed by atoms with E-state index in [1.54, 1.807) is 0 Å². The molecule has 0 unspecified atom stereocenters. The van der Waals surface area contributed by atoms with E-state index in [0.717, 1.165) is 43.3 Å². The van der Waals surface area contributed by atoms with Crippen LogP contribution in [-0.2, 0) is 4.74 Å². The van der Waals surface area contributed by atoms with Crippen molar-refractivity contribution in [2.75, 3.05) is 44.8 Å². The summed E-state index contributed by atoms with van der Waals surface area (Å²) in [4.78, 5) is 13.5. The summed E-state index contributed by atoms with van der Waals surface area (Å²) < 4.78 is 5.28. The monoisotopic (exact) mass is 322 g/mol. The molecule has 1 fully saturated rings. The molecule has 130 valence electrons. The molecule has 2 rings (SSSR count). The van der Waals surface area contributed by atoms with Crippen LogP contribution in [0.5, 0.6) is 0 Å². The first-order valence-corrected chi connectivity index (χ1v) is 8.53. The molecular weight excluding hydrogens is 292 g/mol. The molecule has 2 heterocycles. The lowest BCUT2D eigenvalue weighted by molar-refractivity contribution is 0.0163. The van der Waals surface area contributed by atoms with Crippen LogP contribution < -0.4 is 4.90 Å². The maximum atomic E-state index is 9.98. The van der Waals surface area contributed by atoms with Crippen LogP contribution in [-0.4, -0.2) is 72.0 Å². The summed E-state index contributed by atoms with van der Waals surface area (Å²) in [5.74, 6) is 1.87. The van der Waals surface area contributed by atoms with Gasteiger partial charge >= 0.3 is 0 Å². The van der Waals surface area contributed by atoms with Gasteiger partial charge in [-0.3, -0.25) is 0 Å². The van der Waals surface area contributed by atoms with Crippen LogP contribution in [0.3, 0.4) is 0 Å². The van der Waals surface area contributed by atoms with Crippen molar-refractivity contribution in [2.45, 2.75) is 45.8 Å². The van der Waals surface area contributed by atoms with E-state index in [9.17, 15) is 5.11 Å². The van der Waals surface area contributed by atoms with Crippen molar-refractivity contribution in [3.63, 3.8) is 0 Å². The summed E-state index contributed by atoms with van der Waals surface area (Å²) in [6.45, 7) is 9.61. The van der Waals surface area contributed by atoms with E-state index in [0.29, 0.717) is 25.8 Å². The number of piperidine rings is 1. The Morgan fingerprint density at radius 1 is 1.35 bits per heavy atom. The zero-order valence-corrected chi connectivity index (χ0v) is 14.8. The minimum Gasteiger partial charge on any atom is -0.389 e. The van der Waals surface area contributed by atoms with Gasteiger partial charge in [-0.05, 0) is 40.7 Å². The number of aliphatic hydroxyl groups is 1. The van der Waals surface area contributed by atoms with E-state index >= 15 is 0 Å². The van der Waals surface area contributed by atoms with Gasteiger partial charge in [0.25, 0.3) is 0 Å². The van der Waals surface area contributed by atoms with Crippen LogP contribution in [0.15, 0.2) is 6.07 Å². The molecule has 1 aliphatic rings. The van der Waals surface area contributed by atoms with Gasteiger partial charge in [0.05, 0.1) is 12.7 Å². The van der Waals surface area contributed by atoms with Crippen molar-refractivity contribution in [1.82, 2.24) is 14.9 Å². The molecule has 1 aromatic rings. The second kappa shape index (κ2) is 8.57. The number of likely N-dealkylation sites (N-methyl/N-ethyl adjacent to an activating group) is 1. The van der Waals surface area contributed by atoms with Crippen LogP contribution in [0.1, 0.15) is 31.3 Å². The highest BCUT2D eigenvalue weighted by Crippen LogP contribution is 2.21. The van der Waals surface area contributed by atoms with Crippen molar-refractivity contribution in [3.8, 4) is 0 Å². The average Bonchev–Trinajstić information content (AvgIpc) is 2.52. The number of aromatic nitrogens is 2. The van der Waals surface area contributed by atoms with Gasteiger partial charge in [0.15, 0.2) is 0 Å². The summed E-state index contributed by atoms with van der Waals surface area (Å²) >= 11 is 0. The van der Waals surface area contributed by atoms with Crippen LogP contribution in [0.25, 0.3) is 0 Å². The van der Waals surface area contributed by atoms with Gasteiger partial charge in [0.1, 0.15) is 11.6 Å². The second-order valence-corrected chi connectivity index (χ2v) is 6.39. The lowest BCUT2D eigenvalue weighted by Crippen LogP contribution is -2.46. The standard InChI is InChI=1S/C17H30N4O2/c1-5-23-12-16(22)11-20(4)15-6-8-21(9-7-15)17-10-13(2)18-14(3)19-17/h10,15-16,22H,5-9,11-12H2,1-4H3/t16-/m0/s1. The third-order valence-corrected chi connectivity index (χ3v) is 4.38. The summed E-state index contributed by atoms with van der Waals surface area (Å²) in [5.41, 5.74) is 1.02. The average molecular weight is 322 g/mol. The smallest absolute Gasteiger partial charge is 0.132 e. The lowest BCUT2D eigenvalue weighted by atomic mass is 10.0. The molecule has 23 heavy (non-hydrogen) atoms. The molecular formula is C17H30N4O2. The van der Waals surface area contributed by atoms with Crippen LogP contribution in [0.2, 0.25) is 0 Å². The second-order valence-electron chi connectivity index (χ2n) is 6.39. The van der Waals surface area contributed by atoms with Crippen molar-refractivity contribution < 1.29 is 9.84 Å². The Morgan fingerprint density at radius 2 is 2.04 bits per heavy atom. The third kappa shape index (κ3) is 5.41. The Kier molecular flexibility index (Phi) is 6.74. The Labute approximate surface area is 139 Å². The topological polar surface area (TPSA) is 61.7 Å². The highest BCUT2D eigenvalue weighted by Gasteiger charge is 2.24. The quantitative estimate of drug-likeness (QED) is 0.818. The lowest BCUT2D eigenvalue weighted by Gasteiger charge is -2.38. The number of aliphatic hydroxyl groups excluding tert-OH is 1. The molecule has 0 spiro atoms. The number of rotatable bonds is 7. The predicted molar refractivity (Wildman–Crippen MR) is 91.9 cm³/mol. The molecule has 0 saturated carbocycles. The molecule has 1 aliphatic heterocycles. The van der Waals surface area contributed by atoms with Gasteiger partial charge in [-0.1, -0.05) is 0 Å². The van der Waals surface area contributed by atoms with E-state index in [2.05, 4.69) is 32.9 Å². The number of ether oxygens (including phenoxy) is 1. The van der Waals surface area contributed by atoms with E-state index in [1.807, 2.05) is 20.8 Å². The fraction of sp³-hybridized carbons (Fsp3) is 0.765. The third-order valence-electron chi connectivity index (χ3n) is 4.38. The maximum Gasteiger partial charge on any atom is 0.132 e. The van der Waals surface area contributed by atoms with Gasteiger partial charge in [-0.15, -0.1) is 0 Å². The zero-order valence-electron chi connectivity index (χ0n) is 14.8. The number of hydrogen-bond acceptors (Lipinski definition) is 6. The Bertz CT molecular complexity index is 469. The number of aryl methyl sites for hydroxylation is 2. The fourth-order valence-electron chi connectivity index (χ4n) is 3.18. The van der Waals surface area contributed by atoms with E-state index in [-0.39, 0.29) is 0 Å². The fourth-order valence-corrected chi connectivity index (χ4v) is 3.18. The molecule has 0 aliphatic carbocycles. The van der Waals surface area contributed by atoms with Crippen LogP contribution in [0, 0.1) is 13.8 Å². The van der Waals surface area contributed by atoms with Gasteiger partial charge in [0.2, 0.25) is 0 Å². The first-order chi connectivity index (χ1) is 11.0. The summed E-state index contributed by atoms with van der Waals surface area (Å²) in [6, 6.07) is 2.56.